The number of thiocarbonyl (C=S) groups is 4. The van der Waals surface area contributed by atoms with Crippen LogP contribution in [0.5, 0.6) is 0 Å². The summed E-state index contributed by atoms with van der Waals surface area (Å²) in [5.41, 5.74) is 0. The van der Waals surface area contributed by atoms with E-state index in [1.165, 1.54) is 0 Å². The van der Waals surface area contributed by atoms with Gasteiger partial charge in [-0.15, -0.1) is 50.5 Å². The van der Waals surface area contributed by atoms with Gasteiger partial charge in [0.15, 0.2) is 0 Å². The molecule has 0 aromatic rings. The van der Waals surface area contributed by atoms with Gasteiger partial charge < -0.3 is 52.3 Å². The zero-order valence-corrected chi connectivity index (χ0v) is 33.5. The minimum absolute atomic E-state index is 0.142. The Bertz CT molecular complexity index is 904. The Morgan fingerprint density at radius 3 is 0.729 bits per heavy atom. The number of thiol groups is 4. The van der Waals surface area contributed by atoms with Crippen molar-refractivity contribution >= 4 is 140 Å². The van der Waals surface area contributed by atoms with Gasteiger partial charge in [0, 0.05) is 117 Å². The first-order valence-corrected chi connectivity index (χ1v) is 18.6. The zero-order chi connectivity index (χ0) is 36.2. The van der Waals surface area contributed by atoms with E-state index in [1.54, 1.807) is 0 Å². The van der Waals surface area contributed by atoms with E-state index in [9.17, 15) is 19.2 Å². The van der Waals surface area contributed by atoms with Gasteiger partial charge >= 0.3 is 0 Å². The molecule has 0 rings (SSSR count). The van der Waals surface area contributed by atoms with Gasteiger partial charge in [-0.2, -0.15) is 0 Å². The number of nitrogens with zero attached hydrogens (tertiary/aromatic N) is 2. The second-order valence-corrected chi connectivity index (χ2v) is 14.6. The molecule has 4 amide bonds. The predicted octanol–water partition coefficient (Wildman–Crippen LogP) is -1.17. The van der Waals surface area contributed by atoms with Crippen molar-refractivity contribution in [3.05, 3.63) is 0 Å². The summed E-state index contributed by atoms with van der Waals surface area (Å²) < 4.78 is 1.40. The molecule has 0 bridgehead atoms. The molecule has 0 aliphatic heterocycles. The lowest BCUT2D eigenvalue weighted by Crippen LogP contribution is -2.42. The molecule has 14 nitrogen and oxygen atoms in total. The Kier molecular flexibility index (Phi) is 29.8. The van der Waals surface area contributed by atoms with Gasteiger partial charge in [0.05, 0.1) is 0 Å². The van der Waals surface area contributed by atoms with Crippen LogP contribution in [0.15, 0.2) is 0 Å². The summed E-state index contributed by atoms with van der Waals surface area (Å²) in [6.07, 6.45) is 0.867. The highest BCUT2D eigenvalue weighted by atomic mass is 32.1. The first-order valence-electron chi connectivity index (χ1n) is 15.2. The third kappa shape index (κ3) is 32.0. The Hall–Kier alpha value is -1.24. The summed E-state index contributed by atoms with van der Waals surface area (Å²) in [7, 11) is 0. The quantitative estimate of drug-likeness (QED) is 0.0272. The zero-order valence-electron chi connectivity index (χ0n) is 26.7. The standard InChI is InChI=1S/C26H48N10O4S8/c37-19(27-5-9-31-23(41)42)1-13-35(14-2-20(38)28-6-10-32-24(43)44)17-18-36(15-3-21(39)29-7-11-33-25(45)46)16-4-22(40)30-8-12-34-26(47)48/h1-18H2,(H,27,37)(H,28,38)(H,29,39)(H,30,40)(H2,31,41,42)(H2,32,43,44)(H2,33,45,46)(H2,34,47,48). The van der Waals surface area contributed by atoms with Crippen LogP contribution in [0.1, 0.15) is 25.7 Å². The highest BCUT2D eigenvalue weighted by molar-refractivity contribution is 8.11. The molecule has 0 saturated heterocycles. The number of nitrogens with one attached hydrogen (secondary N) is 8. The fourth-order valence-electron chi connectivity index (χ4n) is 3.83. The third-order valence-corrected chi connectivity index (χ3v) is 7.46. The van der Waals surface area contributed by atoms with Crippen LogP contribution in [0.3, 0.4) is 0 Å². The van der Waals surface area contributed by atoms with Gasteiger partial charge in [0.1, 0.15) is 17.3 Å². The van der Waals surface area contributed by atoms with Crippen molar-refractivity contribution in [2.24, 2.45) is 0 Å². The van der Waals surface area contributed by atoms with E-state index in [-0.39, 0.29) is 49.3 Å². The molecule has 0 saturated carbocycles. The SMILES string of the molecule is O=C(CCN(CCC(=O)NCCNC(=S)S)CCN(CCC(=O)NCCNC(=S)S)CCC(=O)NCCNC(=S)S)NCCNC(=S)S. The van der Waals surface area contributed by atoms with Crippen molar-refractivity contribution < 1.29 is 19.2 Å². The Labute approximate surface area is 326 Å². The summed E-state index contributed by atoms with van der Waals surface area (Å²) in [6, 6.07) is 0. The number of rotatable bonds is 27. The summed E-state index contributed by atoms with van der Waals surface area (Å²) in [5, 5.41) is 22.8. The summed E-state index contributed by atoms with van der Waals surface area (Å²) >= 11 is 35.4. The van der Waals surface area contributed by atoms with Crippen molar-refractivity contribution in [3.63, 3.8) is 0 Å². The maximum Gasteiger partial charge on any atom is 0.221 e. The molecule has 0 aliphatic carbocycles. The molecule has 0 radical (unpaired) electrons. The molecule has 0 heterocycles. The van der Waals surface area contributed by atoms with E-state index in [0.717, 1.165) is 0 Å². The van der Waals surface area contributed by atoms with Gasteiger partial charge in [-0.25, -0.2) is 0 Å². The highest BCUT2D eigenvalue weighted by Crippen LogP contribution is 2.01. The van der Waals surface area contributed by atoms with E-state index in [0.29, 0.717) is 109 Å². The molecule has 0 fully saturated rings. The Balaban J connectivity index is 5.25. The normalized spacial score (nSPS) is 10.5. The molecule has 8 N–H and O–H groups in total. The van der Waals surface area contributed by atoms with Crippen LogP contribution in [-0.2, 0) is 19.2 Å². The molecule has 0 aromatic heterocycles. The number of carbonyl (C=O) groups is 4. The van der Waals surface area contributed by atoms with E-state index in [4.69, 9.17) is 48.9 Å². The molecular weight excluding hydrogens is 773 g/mol. The monoisotopic (exact) mass is 820 g/mol. The van der Waals surface area contributed by atoms with Gasteiger partial charge in [-0.3, -0.25) is 19.2 Å². The van der Waals surface area contributed by atoms with Crippen LogP contribution in [0.4, 0.5) is 0 Å². The van der Waals surface area contributed by atoms with Crippen LogP contribution >= 0.6 is 99.4 Å². The maximum absolute atomic E-state index is 12.5. The van der Waals surface area contributed by atoms with E-state index >= 15 is 0 Å². The van der Waals surface area contributed by atoms with Crippen molar-refractivity contribution in [1.82, 2.24) is 52.3 Å². The van der Waals surface area contributed by atoms with Gasteiger partial charge in [0.25, 0.3) is 0 Å². The smallest absolute Gasteiger partial charge is 0.221 e. The molecule has 0 unspecified atom stereocenters. The van der Waals surface area contributed by atoms with Crippen LogP contribution in [0.25, 0.3) is 0 Å². The second-order valence-electron chi connectivity index (χ2n) is 10.0. The number of carbonyl (C=O) groups excluding carboxylic acids is 4. The number of hydrogen-bond donors (Lipinski definition) is 12. The van der Waals surface area contributed by atoms with E-state index < -0.39 is 0 Å². The molecule has 48 heavy (non-hydrogen) atoms. The number of hydrogen-bond acceptors (Lipinski definition) is 10. The van der Waals surface area contributed by atoms with E-state index in [2.05, 4.69) is 93.0 Å². The fraction of sp³-hybridized carbons (Fsp3) is 0.692. The predicted molar refractivity (Wildman–Crippen MR) is 222 cm³/mol. The Morgan fingerprint density at radius 2 is 0.542 bits per heavy atom. The van der Waals surface area contributed by atoms with E-state index in [1.807, 2.05) is 9.80 Å². The molecule has 0 spiro atoms. The molecular formula is C26H48N10O4S8. The van der Waals surface area contributed by atoms with Crippen LogP contribution in [0, 0.1) is 0 Å². The fourth-order valence-corrected chi connectivity index (χ4v) is 4.69. The topological polar surface area (TPSA) is 171 Å². The molecule has 0 aromatic carbocycles. The van der Waals surface area contributed by atoms with Crippen molar-refractivity contribution in [2.75, 3.05) is 91.6 Å². The first kappa shape index (κ1) is 46.8. The molecule has 274 valence electrons. The summed E-state index contributed by atoms with van der Waals surface area (Å²) in [5.74, 6) is -0.568. The summed E-state index contributed by atoms with van der Waals surface area (Å²) in [6.45, 7) is 6.00. The molecule has 22 heteroatoms. The van der Waals surface area contributed by atoms with Gasteiger partial charge in [-0.05, 0) is 0 Å². The average molecular weight is 821 g/mol. The Morgan fingerprint density at radius 1 is 0.354 bits per heavy atom. The average Bonchev–Trinajstić information content (AvgIpc) is 3.01. The van der Waals surface area contributed by atoms with Crippen molar-refractivity contribution in [3.8, 4) is 0 Å². The lowest BCUT2D eigenvalue weighted by molar-refractivity contribution is -0.123. The minimum atomic E-state index is -0.142. The van der Waals surface area contributed by atoms with Crippen molar-refractivity contribution in [2.45, 2.75) is 25.7 Å². The largest absolute Gasteiger partial charge is 0.369 e. The lowest BCUT2D eigenvalue weighted by Gasteiger charge is -2.27. The first-order chi connectivity index (χ1) is 22.8. The highest BCUT2D eigenvalue weighted by Gasteiger charge is 2.15. The second kappa shape index (κ2) is 30.6. The lowest BCUT2D eigenvalue weighted by atomic mass is 10.2. The molecule has 0 atom stereocenters. The third-order valence-electron chi connectivity index (χ3n) is 6.25. The minimum Gasteiger partial charge on any atom is -0.369 e. The molecule has 0 aliphatic rings. The van der Waals surface area contributed by atoms with Crippen LogP contribution < -0.4 is 42.5 Å². The number of amides is 4. The van der Waals surface area contributed by atoms with Crippen LogP contribution in [0.2, 0.25) is 0 Å². The van der Waals surface area contributed by atoms with Gasteiger partial charge in [0.2, 0.25) is 23.6 Å². The maximum atomic E-state index is 12.5. The van der Waals surface area contributed by atoms with Crippen molar-refractivity contribution in [1.29, 1.82) is 0 Å². The van der Waals surface area contributed by atoms with Crippen LogP contribution in [-0.4, -0.2) is 142 Å². The summed E-state index contributed by atoms with van der Waals surface area (Å²) in [4.78, 5) is 54.0. The van der Waals surface area contributed by atoms with Gasteiger partial charge in [-0.1, -0.05) is 48.9 Å².